The molecule has 1 aromatic heterocycles. The minimum absolute atomic E-state index is 0.0367. The molecule has 20 heavy (non-hydrogen) atoms. The quantitative estimate of drug-likeness (QED) is 0.799. The first-order valence-corrected chi connectivity index (χ1v) is 6.80. The Morgan fingerprint density at radius 2 is 2.00 bits per heavy atom. The summed E-state index contributed by atoms with van der Waals surface area (Å²) in [7, 11) is 0. The fourth-order valence-corrected chi connectivity index (χ4v) is 2.71. The smallest absolute Gasteiger partial charge is 0.200 e. The Morgan fingerprint density at radius 1 is 1.25 bits per heavy atom. The highest BCUT2D eigenvalue weighted by Gasteiger charge is 2.35. The van der Waals surface area contributed by atoms with Gasteiger partial charge >= 0.3 is 0 Å². The van der Waals surface area contributed by atoms with E-state index in [2.05, 4.69) is 0 Å². The third kappa shape index (κ3) is 2.37. The van der Waals surface area contributed by atoms with Crippen LogP contribution in [0.1, 0.15) is 39.0 Å². The second-order valence-corrected chi connectivity index (χ2v) is 5.88. The summed E-state index contributed by atoms with van der Waals surface area (Å²) in [5, 5.41) is 0.549. The lowest BCUT2D eigenvalue weighted by atomic mass is 9.99. The summed E-state index contributed by atoms with van der Waals surface area (Å²) in [6.45, 7) is 5.99. The molecule has 0 radical (unpaired) electrons. The molecule has 0 N–H and O–H groups in total. The third-order valence-corrected chi connectivity index (χ3v) is 3.52. The van der Waals surface area contributed by atoms with Crippen molar-refractivity contribution in [1.82, 2.24) is 0 Å². The highest BCUT2D eigenvalue weighted by molar-refractivity contribution is 5.76. The fraction of sp³-hybridized carbons (Fsp3) is 0.438. The number of hydrogen-bond acceptors (Lipinski definition) is 4. The maximum Gasteiger partial charge on any atom is 0.200 e. The number of ether oxygens (including phenoxy) is 2. The highest BCUT2D eigenvalue weighted by atomic mass is 16.7. The molecule has 1 aromatic carbocycles. The number of benzene rings is 1. The summed E-state index contributed by atoms with van der Waals surface area (Å²) in [5.41, 5.74) is 0.579. The van der Waals surface area contributed by atoms with Crippen LogP contribution in [0.15, 0.2) is 39.7 Å². The van der Waals surface area contributed by atoms with Gasteiger partial charge in [-0.05, 0) is 32.9 Å². The van der Waals surface area contributed by atoms with Crippen molar-refractivity contribution < 1.29 is 13.9 Å². The van der Waals surface area contributed by atoms with E-state index in [9.17, 15) is 4.79 Å². The Morgan fingerprint density at radius 3 is 2.75 bits per heavy atom. The van der Waals surface area contributed by atoms with Crippen LogP contribution in [0.4, 0.5) is 0 Å². The molecule has 2 heterocycles. The number of hydrogen-bond donors (Lipinski definition) is 0. The molecular weight excluding hydrogens is 256 g/mol. The molecule has 0 bridgehead atoms. The molecule has 4 heteroatoms. The van der Waals surface area contributed by atoms with Crippen molar-refractivity contribution in [1.29, 1.82) is 0 Å². The first-order valence-electron chi connectivity index (χ1n) is 6.80. The van der Waals surface area contributed by atoms with Gasteiger partial charge in [-0.1, -0.05) is 12.1 Å². The van der Waals surface area contributed by atoms with Crippen LogP contribution in [0.3, 0.4) is 0 Å². The largest absolute Gasteiger partial charge is 0.464 e. The Kier molecular flexibility index (Phi) is 3.15. The van der Waals surface area contributed by atoms with Gasteiger partial charge in [0.2, 0.25) is 5.43 Å². The monoisotopic (exact) mass is 274 g/mol. The van der Waals surface area contributed by atoms with Gasteiger partial charge in [-0.2, -0.15) is 0 Å². The molecule has 2 atom stereocenters. The summed E-state index contributed by atoms with van der Waals surface area (Å²) in [5.74, 6) is 0. The van der Waals surface area contributed by atoms with Crippen LogP contribution in [0.5, 0.6) is 0 Å². The fourth-order valence-electron chi connectivity index (χ4n) is 2.71. The Bertz CT molecular complexity index is 686. The van der Waals surface area contributed by atoms with E-state index in [4.69, 9.17) is 13.9 Å². The summed E-state index contributed by atoms with van der Waals surface area (Å²) >= 11 is 0. The molecule has 3 rings (SSSR count). The lowest BCUT2D eigenvalue weighted by Gasteiger charge is -2.39. The Balaban J connectivity index is 2.06. The van der Waals surface area contributed by atoms with Gasteiger partial charge in [-0.25, -0.2) is 0 Å². The average Bonchev–Trinajstić information content (AvgIpc) is 2.37. The summed E-state index contributed by atoms with van der Waals surface area (Å²) in [6.07, 6.45) is 1.61. The van der Waals surface area contributed by atoms with E-state index in [0.717, 1.165) is 6.42 Å². The molecule has 0 amide bonds. The molecule has 1 aliphatic rings. The van der Waals surface area contributed by atoms with Gasteiger partial charge in [0, 0.05) is 6.42 Å². The number of fused-ring (bicyclic) bond motifs is 1. The predicted molar refractivity (Wildman–Crippen MR) is 75.6 cm³/mol. The van der Waals surface area contributed by atoms with Crippen LogP contribution in [-0.4, -0.2) is 11.7 Å². The van der Waals surface area contributed by atoms with Gasteiger partial charge < -0.3 is 13.9 Å². The zero-order chi connectivity index (χ0) is 14.3. The zero-order valence-electron chi connectivity index (χ0n) is 11.9. The van der Waals surface area contributed by atoms with Crippen LogP contribution >= 0.6 is 0 Å². The molecule has 1 fully saturated rings. The van der Waals surface area contributed by atoms with E-state index in [1.165, 1.54) is 6.26 Å². The van der Waals surface area contributed by atoms with E-state index in [1.807, 2.05) is 32.9 Å². The third-order valence-electron chi connectivity index (χ3n) is 3.52. The van der Waals surface area contributed by atoms with Gasteiger partial charge in [0.05, 0.1) is 22.7 Å². The second kappa shape index (κ2) is 4.72. The van der Waals surface area contributed by atoms with E-state index in [-0.39, 0.29) is 17.1 Å². The van der Waals surface area contributed by atoms with Gasteiger partial charge in [0.15, 0.2) is 6.29 Å². The molecule has 0 saturated carbocycles. The highest BCUT2D eigenvalue weighted by Crippen LogP contribution is 2.34. The first-order chi connectivity index (χ1) is 9.46. The second-order valence-electron chi connectivity index (χ2n) is 5.88. The number of rotatable bonds is 1. The van der Waals surface area contributed by atoms with Crippen molar-refractivity contribution in [2.24, 2.45) is 0 Å². The zero-order valence-corrected chi connectivity index (χ0v) is 11.9. The van der Waals surface area contributed by atoms with Crippen LogP contribution < -0.4 is 5.43 Å². The molecule has 4 nitrogen and oxygen atoms in total. The molecule has 106 valence electrons. The molecule has 1 aliphatic heterocycles. The summed E-state index contributed by atoms with van der Waals surface area (Å²) in [6, 6.07) is 7.18. The normalized spacial score (nSPS) is 25.8. The van der Waals surface area contributed by atoms with E-state index >= 15 is 0 Å². The molecular formula is C16H18O4. The maximum absolute atomic E-state index is 12.5. The van der Waals surface area contributed by atoms with E-state index in [1.54, 1.807) is 12.1 Å². The lowest BCUT2D eigenvalue weighted by Crippen LogP contribution is -2.40. The Labute approximate surface area is 117 Å². The summed E-state index contributed by atoms with van der Waals surface area (Å²) < 4.78 is 17.2. The maximum atomic E-state index is 12.5. The molecule has 0 spiro atoms. The van der Waals surface area contributed by atoms with Crippen LogP contribution in [-0.2, 0) is 9.47 Å². The molecule has 1 saturated heterocycles. The Hall–Kier alpha value is -1.65. The van der Waals surface area contributed by atoms with Gasteiger partial charge in [0.1, 0.15) is 11.8 Å². The van der Waals surface area contributed by atoms with Crippen molar-refractivity contribution in [3.05, 3.63) is 46.3 Å². The lowest BCUT2D eigenvalue weighted by molar-refractivity contribution is -0.274. The molecule has 0 unspecified atom stereocenters. The first kappa shape index (κ1) is 13.3. The van der Waals surface area contributed by atoms with Crippen LogP contribution in [0, 0.1) is 0 Å². The van der Waals surface area contributed by atoms with Gasteiger partial charge in [0.25, 0.3) is 0 Å². The number of para-hydroxylation sites is 1. The predicted octanol–water partition coefficient (Wildman–Crippen LogP) is 3.40. The SMILES string of the molecule is C[C@@H]1CC(C)(C)O[C@@H](c2coc3ccccc3c2=O)O1. The van der Waals surface area contributed by atoms with Crippen molar-refractivity contribution in [2.45, 2.75) is 45.2 Å². The molecule has 0 aliphatic carbocycles. The average molecular weight is 274 g/mol. The minimum Gasteiger partial charge on any atom is -0.464 e. The van der Waals surface area contributed by atoms with E-state index in [0.29, 0.717) is 16.5 Å². The van der Waals surface area contributed by atoms with Gasteiger partial charge in [-0.15, -0.1) is 0 Å². The topological polar surface area (TPSA) is 48.7 Å². The van der Waals surface area contributed by atoms with Crippen molar-refractivity contribution in [3.8, 4) is 0 Å². The van der Waals surface area contributed by atoms with Crippen LogP contribution in [0.2, 0.25) is 0 Å². The van der Waals surface area contributed by atoms with Gasteiger partial charge in [-0.3, -0.25) is 4.79 Å². The van der Waals surface area contributed by atoms with E-state index < -0.39 is 6.29 Å². The van der Waals surface area contributed by atoms with Crippen molar-refractivity contribution in [2.75, 3.05) is 0 Å². The molecule has 2 aromatic rings. The van der Waals surface area contributed by atoms with Crippen molar-refractivity contribution >= 4 is 11.0 Å². The standard InChI is InChI=1S/C16H18O4/c1-10-8-16(2,3)20-15(19-10)12-9-18-13-7-5-4-6-11(13)14(12)17/h4-7,9-10,15H,8H2,1-3H3/t10-,15+/m1/s1. The summed E-state index contributed by atoms with van der Waals surface area (Å²) in [4.78, 5) is 12.5. The minimum atomic E-state index is -0.672. The van der Waals surface area contributed by atoms with Crippen molar-refractivity contribution in [3.63, 3.8) is 0 Å². The van der Waals surface area contributed by atoms with Crippen LogP contribution in [0.25, 0.3) is 11.0 Å².